The van der Waals surface area contributed by atoms with E-state index in [1.165, 1.54) is 18.3 Å². The Morgan fingerprint density at radius 2 is 2.20 bits per heavy atom. The van der Waals surface area contributed by atoms with Crippen LogP contribution in [0.2, 0.25) is 0 Å². The van der Waals surface area contributed by atoms with Gasteiger partial charge in [0, 0.05) is 32.4 Å². The lowest BCUT2D eigenvalue weighted by Gasteiger charge is -2.26. The second-order valence-electron chi connectivity index (χ2n) is 4.31. The van der Waals surface area contributed by atoms with Crippen molar-refractivity contribution in [2.75, 3.05) is 39.4 Å². The van der Waals surface area contributed by atoms with Gasteiger partial charge in [0.15, 0.2) is 5.69 Å². The predicted octanol–water partition coefficient (Wildman–Crippen LogP) is -0.436. The normalized spacial score (nSPS) is 16.8. The molecule has 20 heavy (non-hydrogen) atoms. The summed E-state index contributed by atoms with van der Waals surface area (Å²) in [6.07, 6.45) is 1.39. The number of hydrogen-bond donors (Lipinski definition) is 1. The highest BCUT2D eigenvalue weighted by molar-refractivity contribution is 7.89. The Morgan fingerprint density at radius 3 is 2.90 bits per heavy atom. The van der Waals surface area contributed by atoms with E-state index in [9.17, 15) is 8.42 Å². The van der Waals surface area contributed by atoms with Crippen molar-refractivity contribution in [2.24, 2.45) is 0 Å². The third-order valence-corrected chi connectivity index (χ3v) is 4.48. The van der Waals surface area contributed by atoms with Gasteiger partial charge in [-0.1, -0.05) is 0 Å². The molecule has 0 unspecified atom stereocenters. The molecule has 1 N–H and O–H groups in total. The standard InChI is InChI=1S/C12H16N4O3S/c13-10-11-12(2-1-3-14-11)20(17,18)15-4-5-16-6-8-19-9-7-16/h1-3,15H,4-9H2. The van der Waals surface area contributed by atoms with Gasteiger partial charge < -0.3 is 4.74 Å². The summed E-state index contributed by atoms with van der Waals surface area (Å²) < 4.78 is 31.9. The van der Waals surface area contributed by atoms with E-state index in [-0.39, 0.29) is 10.6 Å². The Morgan fingerprint density at radius 1 is 1.45 bits per heavy atom. The molecular weight excluding hydrogens is 280 g/mol. The minimum Gasteiger partial charge on any atom is -0.379 e. The number of sulfonamides is 1. The van der Waals surface area contributed by atoms with Crippen molar-refractivity contribution >= 4 is 10.0 Å². The van der Waals surface area contributed by atoms with Gasteiger partial charge in [0.2, 0.25) is 10.0 Å². The summed E-state index contributed by atoms with van der Waals surface area (Å²) in [5, 5.41) is 8.88. The first-order valence-corrected chi connectivity index (χ1v) is 7.77. The number of ether oxygens (including phenoxy) is 1. The third-order valence-electron chi connectivity index (χ3n) is 2.99. The molecule has 1 aromatic heterocycles. The molecule has 0 amide bonds. The molecule has 0 bridgehead atoms. The average Bonchev–Trinajstić information content (AvgIpc) is 2.48. The minimum atomic E-state index is -3.70. The van der Waals surface area contributed by atoms with Crippen molar-refractivity contribution in [1.29, 1.82) is 5.26 Å². The minimum absolute atomic E-state index is 0.0792. The number of rotatable bonds is 5. The van der Waals surface area contributed by atoms with Crippen molar-refractivity contribution in [2.45, 2.75) is 4.90 Å². The summed E-state index contributed by atoms with van der Waals surface area (Å²) in [6, 6.07) is 4.66. The van der Waals surface area contributed by atoms with E-state index < -0.39 is 10.0 Å². The number of aromatic nitrogens is 1. The van der Waals surface area contributed by atoms with Crippen LogP contribution < -0.4 is 4.72 Å². The summed E-state index contributed by atoms with van der Waals surface area (Å²) in [6.45, 7) is 3.87. The highest BCUT2D eigenvalue weighted by Gasteiger charge is 2.19. The first-order valence-electron chi connectivity index (χ1n) is 6.28. The monoisotopic (exact) mass is 296 g/mol. The van der Waals surface area contributed by atoms with Crippen LogP contribution >= 0.6 is 0 Å². The van der Waals surface area contributed by atoms with Crippen LogP contribution in [0, 0.1) is 11.3 Å². The Hall–Kier alpha value is -1.53. The summed E-state index contributed by atoms with van der Waals surface area (Å²) in [4.78, 5) is 5.80. The average molecular weight is 296 g/mol. The first kappa shape index (κ1) is 14.9. The zero-order valence-electron chi connectivity index (χ0n) is 10.9. The molecule has 7 nitrogen and oxygen atoms in total. The van der Waals surface area contributed by atoms with Gasteiger partial charge in [-0.05, 0) is 12.1 Å². The van der Waals surface area contributed by atoms with Crippen molar-refractivity contribution in [3.05, 3.63) is 24.0 Å². The Bertz CT molecular complexity index is 591. The highest BCUT2D eigenvalue weighted by Crippen LogP contribution is 2.11. The highest BCUT2D eigenvalue weighted by atomic mass is 32.2. The molecule has 0 aliphatic carbocycles. The zero-order valence-corrected chi connectivity index (χ0v) is 11.8. The SMILES string of the molecule is N#Cc1ncccc1S(=O)(=O)NCCN1CCOCC1. The van der Waals surface area contributed by atoms with Gasteiger partial charge in [-0.25, -0.2) is 18.1 Å². The van der Waals surface area contributed by atoms with Gasteiger partial charge in [-0.15, -0.1) is 0 Å². The van der Waals surface area contributed by atoms with E-state index in [0.717, 1.165) is 13.1 Å². The van der Waals surface area contributed by atoms with Crippen LogP contribution in [0.1, 0.15) is 5.69 Å². The van der Waals surface area contributed by atoms with Crippen molar-refractivity contribution in [3.8, 4) is 6.07 Å². The van der Waals surface area contributed by atoms with Gasteiger partial charge in [-0.2, -0.15) is 5.26 Å². The van der Waals surface area contributed by atoms with Crippen LogP contribution in [-0.2, 0) is 14.8 Å². The number of nitriles is 1. The molecule has 1 aromatic rings. The maximum absolute atomic E-state index is 12.1. The summed E-state index contributed by atoms with van der Waals surface area (Å²) in [5.74, 6) is 0. The molecule has 0 radical (unpaired) electrons. The predicted molar refractivity (Wildman–Crippen MR) is 71.4 cm³/mol. The fraction of sp³-hybridized carbons (Fsp3) is 0.500. The molecule has 0 atom stereocenters. The third kappa shape index (κ3) is 3.74. The number of hydrogen-bond acceptors (Lipinski definition) is 6. The molecule has 2 heterocycles. The van der Waals surface area contributed by atoms with E-state index in [0.29, 0.717) is 26.3 Å². The molecule has 1 saturated heterocycles. The molecule has 1 fully saturated rings. The lowest BCUT2D eigenvalue weighted by Crippen LogP contribution is -2.41. The van der Waals surface area contributed by atoms with Crippen LogP contribution in [0.5, 0.6) is 0 Å². The molecule has 8 heteroatoms. The molecular formula is C12H16N4O3S. The zero-order chi connectivity index (χ0) is 14.4. The van der Waals surface area contributed by atoms with Gasteiger partial charge in [0.1, 0.15) is 11.0 Å². The summed E-state index contributed by atoms with van der Waals surface area (Å²) in [7, 11) is -3.70. The molecule has 1 aliphatic rings. The maximum atomic E-state index is 12.1. The number of pyridine rings is 1. The van der Waals surface area contributed by atoms with Gasteiger partial charge in [0.25, 0.3) is 0 Å². The Kier molecular flexibility index (Phi) is 5.03. The fourth-order valence-corrected chi connectivity index (χ4v) is 3.06. The van der Waals surface area contributed by atoms with Crippen LogP contribution in [0.25, 0.3) is 0 Å². The van der Waals surface area contributed by atoms with E-state index in [4.69, 9.17) is 10.00 Å². The molecule has 108 valence electrons. The Labute approximate surface area is 118 Å². The number of morpholine rings is 1. The second-order valence-corrected chi connectivity index (χ2v) is 6.05. The largest absolute Gasteiger partial charge is 0.379 e. The van der Waals surface area contributed by atoms with E-state index in [2.05, 4.69) is 14.6 Å². The van der Waals surface area contributed by atoms with Gasteiger partial charge in [-0.3, -0.25) is 4.90 Å². The fourth-order valence-electron chi connectivity index (χ4n) is 1.93. The Balaban J connectivity index is 1.95. The van der Waals surface area contributed by atoms with Gasteiger partial charge in [0.05, 0.1) is 13.2 Å². The number of nitrogens with one attached hydrogen (secondary N) is 1. The van der Waals surface area contributed by atoms with E-state index in [1.807, 2.05) is 0 Å². The maximum Gasteiger partial charge on any atom is 0.243 e. The van der Waals surface area contributed by atoms with Crippen molar-refractivity contribution in [3.63, 3.8) is 0 Å². The lowest BCUT2D eigenvalue weighted by molar-refractivity contribution is 0.0390. The molecule has 0 saturated carbocycles. The lowest BCUT2D eigenvalue weighted by atomic mass is 10.4. The second kappa shape index (κ2) is 6.76. The molecule has 0 aromatic carbocycles. The first-order chi connectivity index (χ1) is 9.63. The van der Waals surface area contributed by atoms with Crippen molar-refractivity contribution < 1.29 is 13.2 Å². The smallest absolute Gasteiger partial charge is 0.243 e. The van der Waals surface area contributed by atoms with Gasteiger partial charge >= 0.3 is 0 Å². The molecule has 1 aliphatic heterocycles. The van der Waals surface area contributed by atoms with Crippen LogP contribution in [0.3, 0.4) is 0 Å². The topological polar surface area (TPSA) is 95.3 Å². The van der Waals surface area contributed by atoms with Crippen molar-refractivity contribution in [1.82, 2.24) is 14.6 Å². The van der Waals surface area contributed by atoms with Crippen LogP contribution in [0.15, 0.2) is 23.2 Å². The van der Waals surface area contributed by atoms with E-state index in [1.54, 1.807) is 6.07 Å². The van der Waals surface area contributed by atoms with Crippen LogP contribution in [0.4, 0.5) is 0 Å². The summed E-state index contributed by atoms with van der Waals surface area (Å²) >= 11 is 0. The quantitative estimate of drug-likeness (QED) is 0.792. The molecule has 2 rings (SSSR count). The number of nitrogens with zero attached hydrogens (tertiary/aromatic N) is 3. The van der Waals surface area contributed by atoms with E-state index >= 15 is 0 Å². The molecule has 0 spiro atoms. The van der Waals surface area contributed by atoms with Crippen LogP contribution in [-0.4, -0.2) is 57.7 Å². The summed E-state index contributed by atoms with van der Waals surface area (Å²) in [5.41, 5.74) is -0.0913.